The predicted octanol–water partition coefficient (Wildman–Crippen LogP) is 4.30. The number of rotatable bonds is 6. The van der Waals surface area contributed by atoms with Crippen LogP contribution >= 0.6 is 11.3 Å². The highest BCUT2D eigenvalue weighted by Gasteiger charge is 2.31. The Morgan fingerprint density at radius 2 is 1.79 bits per heavy atom. The van der Waals surface area contributed by atoms with Crippen LogP contribution in [0.25, 0.3) is 0 Å². The summed E-state index contributed by atoms with van der Waals surface area (Å²) in [7, 11) is -3.60. The number of carbonyl (C=O) groups excluding carboxylic acids is 2. The summed E-state index contributed by atoms with van der Waals surface area (Å²) < 4.78 is 29.1. The second kappa shape index (κ2) is 11.0. The van der Waals surface area contributed by atoms with Crippen molar-refractivity contribution in [2.45, 2.75) is 58.4 Å². The van der Waals surface area contributed by atoms with E-state index in [9.17, 15) is 18.0 Å². The molecule has 4 heterocycles. The van der Waals surface area contributed by atoms with Gasteiger partial charge in [0.2, 0.25) is 10.0 Å². The van der Waals surface area contributed by atoms with E-state index in [1.807, 2.05) is 19.9 Å². The molecule has 1 fully saturated rings. The van der Waals surface area contributed by atoms with E-state index >= 15 is 0 Å². The zero-order chi connectivity index (χ0) is 27.9. The Morgan fingerprint density at radius 1 is 1.10 bits per heavy atom. The van der Waals surface area contributed by atoms with Crippen molar-refractivity contribution in [3.63, 3.8) is 0 Å². The number of piperidine rings is 1. The molecule has 1 N–H and O–H groups in total. The maximum absolute atomic E-state index is 13.7. The molecule has 1 aromatic carbocycles. The first kappa shape index (κ1) is 27.7. The minimum Gasteiger partial charge on any atom is -0.313 e. The van der Waals surface area contributed by atoms with E-state index in [0.29, 0.717) is 35.1 Å². The zero-order valence-corrected chi connectivity index (χ0v) is 24.5. The van der Waals surface area contributed by atoms with Gasteiger partial charge in [0.05, 0.1) is 16.2 Å². The van der Waals surface area contributed by atoms with E-state index in [1.54, 1.807) is 0 Å². The van der Waals surface area contributed by atoms with Crippen molar-refractivity contribution in [3.05, 3.63) is 63.3 Å². The van der Waals surface area contributed by atoms with Crippen molar-refractivity contribution in [3.8, 4) is 0 Å². The molecule has 1 amide bonds. The lowest BCUT2D eigenvalue weighted by molar-refractivity contribution is 0.0942. The molecule has 9 nitrogen and oxygen atoms in total. The number of hydrogen-bond acceptors (Lipinski definition) is 7. The fraction of sp³-hybridized carbons (Fsp3) is 0.464. The van der Waals surface area contributed by atoms with Crippen LogP contribution < -0.4 is 5.32 Å². The molecule has 2 aromatic heterocycles. The summed E-state index contributed by atoms with van der Waals surface area (Å²) >= 11 is 1.43. The molecule has 0 unspecified atom stereocenters. The number of nitrogens with zero attached hydrogens (tertiary/aromatic N) is 4. The average Bonchev–Trinajstić information content (AvgIpc) is 3.46. The molecule has 2 aliphatic heterocycles. The highest BCUT2D eigenvalue weighted by Crippen LogP contribution is 2.38. The van der Waals surface area contributed by atoms with E-state index in [2.05, 4.69) is 29.2 Å². The lowest BCUT2D eigenvalue weighted by Gasteiger charge is -2.29. The predicted molar refractivity (Wildman–Crippen MR) is 152 cm³/mol. The molecule has 5 rings (SSSR count). The second-order valence-electron chi connectivity index (χ2n) is 10.5. The van der Waals surface area contributed by atoms with E-state index in [4.69, 9.17) is 0 Å². The van der Waals surface area contributed by atoms with E-state index < -0.39 is 10.0 Å². The summed E-state index contributed by atoms with van der Waals surface area (Å²) in [6.07, 6.45) is 2.41. The summed E-state index contributed by atoms with van der Waals surface area (Å²) in [5.41, 5.74) is 3.27. The quantitative estimate of drug-likeness (QED) is 0.475. The van der Waals surface area contributed by atoms with Gasteiger partial charge in [-0.25, -0.2) is 13.1 Å². The number of likely N-dealkylation sites (N-methyl/N-ethyl adjacent to an activating group) is 1. The third-order valence-corrected chi connectivity index (χ3v) is 10.8. The van der Waals surface area contributed by atoms with Gasteiger partial charge in [-0.2, -0.15) is 9.40 Å². The molecular formula is C28H35N5O4S2. The van der Waals surface area contributed by atoms with Gasteiger partial charge in [0, 0.05) is 42.3 Å². The Labute approximate surface area is 233 Å². The minimum atomic E-state index is -3.60. The molecule has 0 spiro atoms. The van der Waals surface area contributed by atoms with Gasteiger partial charge in [0.15, 0.2) is 0 Å². The number of aromatic nitrogens is 2. The lowest BCUT2D eigenvalue weighted by atomic mass is 10.0. The maximum atomic E-state index is 13.7. The van der Waals surface area contributed by atoms with Crippen molar-refractivity contribution >= 4 is 38.2 Å². The van der Waals surface area contributed by atoms with Gasteiger partial charge in [0.25, 0.3) is 11.8 Å². The molecule has 2 aliphatic rings. The number of fused-ring (bicyclic) bond motifs is 1. The van der Waals surface area contributed by atoms with Gasteiger partial charge in [0.1, 0.15) is 5.00 Å². The summed E-state index contributed by atoms with van der Waals surface area (Å²) in [5.74, 6) is -0.122. The second-order valence-corrected chi connectivity index (χ2v) is 13.6. The number of nitrogens with one attached hydrogen (secondary N) is 1. The molecular weight excluding hydrogens is 534 g/mol. The monoisotopic (exact) mass is 569 g/mol. The number of hydrogen-bond donors (Lipinski definition) is 1. The largest absolute Gasteiger partial charge is 0.313 e. The minimum absolute atomic E-state index is 0.181. The number of benzene rings is 1. The number of aryl methyl sites for hydroxylation is 2. The molecule has 0 bridgehead atoms. The molecule has 0 saturated carbocycles. The Kier molecular flexibility index (Phi) is 7.78. The Hall–Kier alpha value is -2.86. The number of anilines is 1. The topological polar surface area (TPSA) is 105 Å². The van der Waals surface area contributed by atoms with Crippen LogP contribution in [-0.4, -0.2) is 65.4 Å². The number of thiophene rings is 1. The third kappa shape index (κ3) is 5.45. The van der Waals surface area contributed by atoms with Crippen LogP contribution in [-0.2, 0) is 23.0 Å². The molecule has 11 heteroatoms. The van der Waals surface area contributed by atoms with E-state index in [-0.39, 0.29) is 16.7 Å². The van der Waals surface area contributed by atoms with Gasteiger partial charge in [-0.1, -0.05) is 13.8 Å². The van der Waals surface area contributed by atoms with Crippen molar-refractivity contribution in [2.75, 3.05) is 31.5 Å². The number of sulfonamides is 1. The molecule has 0 atom stereocenters. The molecule has 39 heavy (non-hydrogen) atoms. The van der Waals surface area contributed by atoms with Gasteiger partial charge in [-0.05, 0) is 81.5 Å². The Bertz CT molecular complexity index is 1500. The zero-order valence-electron chi connectivity index (χ0n) is 22.9. The first-order valence-electron chi connectivity index (χ1n) is 13.4. The summed E-state index contributed by atoms with van der Waals surface area (Å²) in [4.78, 5) is 30.6. The van der Waals surface area contributed by atoms with Gasteiger partial charge < -0.3 is 5.32 Å². The van der Waals surface area contributed by atoms with Crippen molar-refractivity contribution in [2.24, 2.45) is 5.92 Å². The lowest BCUT2D eigenvalue weighted by Crippen LogP contribution is -2.37. The van der Waals surface area contributed by atoms with Crippen LogP contribution in [0.3, 0.4) is 0 Å². The van der Waals surface area contributed by atoms with Crippen LogP contribution in [0.2, 0.25) is 0 Å². The molecule has 1 saturated heterocycles. The summed E-state index contributed by atoms with van der Waals surface area (Å²) in [6, 6.07) is 7.90. The smallest absolute Gasteiger partial charge is 0.281 e. The van der Waals surface area contributed by atoms with Crippen molar-refractivity contribution in [1.29, 1.82) is 0 Å². The van der Waals surface area contributed by atoms with Crippen molar-refractivity contribution < 1.29 is 18.0 Å². The SMILES string of the molecule is CCN1CCc2c(sc(NC(=O)c3ccc(S(=O)(=O)N4CCC(C)CC4)cc3)c2C(=O)n2nc(C)cc2C)C1. The van der Waals surface area contributed by atoms with Gasteiger partial charge in [-0.3, -0.25) is 14.5 Å². The molecule has 208 valence electrons. The van der Waals surface area contributed by atoms with Crippen LogP contribution in [0, 0.1) is 19.8 Å². The first-order valence-corrected chi connectivity index (χ1v) is 15.7. The van der Waals surface area contributed by atoms with E-state index in [1.165, 1.54) is 44.6 Å². The Morgan fingerprint density at radius 3 is 2.41 bits per heavy atom. The van der Waals surface area contributed by atoms with Gasteiger partial charge in [-0.15, -0.1) is 11.3 Å². The van der Waals surface area contributed by atoms with Crippen LogP contribution in [0.15, 0.2) is 35.2 Å². The average molecular weight is 570 g/mol. The Balaban J connectivity index is 1.41. The summed E-state index contributed by atoms with van der Waals surface area (Å²) in [6.45, 7) is 11.4. The van der Waals surface area contributed by atoms with Gasteiger partial charge >= 0.3 is 0 Å². The normalized spacial score (nSPS) is 17.2. The van der Waals surface area contributed by atoms with Crippen LogP contribution in [0.4, 0.5) is 5.00 Å². The van der Waals surface area contributed by atoms with Crippen molar-refractivity contribution in [1.82, 2.24) is 19.0 Å². The molecule has 0 radical (unpaired) electrons. The number of amides is 1. The standard InChI is InChI=1S/C28H35N5O4S2/c1-5-31-13-12-23-24(17-31)38-27(25(23)28(35)33-20(4)16-19(3)30-33)29-26(34)21-6-8-22(9-7-21)39(36,37)32-14-10-18(2)11-15-32/h6-9,16,18H,5,10-15,17H2,1-4H3,(H,29,34). The maximum Gasteiger partial charge on any atom is 0.281 e. The van der Waals surface area contributed by atoms with Crippen LogP contribution in [0.5, 0.6) is 0 Å². The highest BCUT2D eigenvalue weighted by molar-refractivity contribution is 7.89. The summed E-state index contributed by atoms with van der Waals surface area (Å²) in [5, 5.41) is 7.85. The fourth-order valence-corrected chi connectivity index (χ4v) is 8.06. The molecule has 3 aromatic rings. The molecule has 0 aliphatic carbocycles. The highest BCUT2D eigenvalue weighted by atomic mass is 32.2. The fourth-order valence-electron chi connectivity index (χ4n) is 5.31. The number of carbonyl (C=O) groups is 2. The third-order valence-electron chi connectivity index (χ3n) is 7.72. The first-order chi connectivity index (χ1) is 18.6. The van der Waals surface area contributed by atoms with Crippen LogP contribution in [0.1, 0.15) is 69.2 Å². The van der Waals surface area contributed by atoms with E-state index in [0.717, 1.165) is 60.7 Å².